The van der Waals surface area contributed by atoms with Gasteiger partial charge < -0.3 is 15.2 Å². The molecule has 0 amide bonds. The molecule has 144 valence electrons. The minimum Gasteiger partial charge on any atom is -0.357 e. The van der Waals surface area contributed by atoms with E-state index in [1.165, 1.54) is 16.7 Å². The molecule has 0 atom stereocenters. The molecule has 0 unspecified atom stereocenters. The predicted octanol–water partition coefficient (Wildman–Crippen LogP) is 2.87. The Bertz CT molecular complexity index is 695. The van der Waals surface area contributed by atoms with Gasteiger partial charge in [-0.3, -0.25) is 4.99 Å². The summed E-state index contributed by atoms with van der Waals surface area (Å²) in [5.74, 6) is 1.87. The zero-order chi connectivity index (χ0) is 18.1. The maximum Gasteiger partial charge on any atom is 0.191 e. The molecule has 2 rings (SSSR count). The Morgan fingerprint density at radius 3 is 2.69 bits per heavy atom. The SMILES string of the molecule is CCNC(=NCCc1ccc(C)cc1C)NCCn1cnnc1CC.I. The zero-order valence-corrected chi connectivity index (χ0v) is 18.6. The van der Waals surface area contributed by atoms with Gasteiger partial charge in [0.25, 0.3) is 0 Å². The second-order valence-electron chi connectivity index (χ2n) is 6.16. The largest absolute Gasteiger partial charge is 0.357 e. The summed E-state index contributed by atoms with van der Waals surface area (Å²) in [6, 6.07) is 6.60. The van der Waals surface area contributed by atoms with Crippen LogP contribution in [0.1, 0.15) is 36.4 Å². The monoisotopic (exact) mass is 470 g/mol. The Balaban J connectivity index is 0.00000338. The van der Waals surface area contributed by atoms with E-state index in [2.05, 4.69) is 76.3 Å². The molecule has 26 heavy (non-hydrogen) atoms. The van der Waals surface area contributed by atoms with Crippen LogP contribution in [0.5, 0.6) is 0 Å². The summed E-state index contributed by atoms with van der Waals surface area (Å²) < 4.78 is 2.08. The van der Waals surface area contributed by atoms with Crippen LogP contribution < -0.4 is 10.6 Å². The molecule has 0 aliphatic heterocycles. The Labute approximate surface area is 173 Å². The molecule has 0 bridgehead atoms. The van der Waals surface area contributed by atoms with E-state index in [0.29, 0.717) is 0 Å². The van der Waals surface area contributed by atoms with Crippen LogP contribution in [0.3, 0.4) is 0 Å². The third-order valence-corrected chi connectivity index (χ3v) is 4.15. The summed E-state index contributed by atoms with van der Waals surface area (Å²) in [6.45, 7) is 11.7. The molecule has 0 aliphatic carbocycles. The lowest BCUT2D eigenvalue weighted by molar-refractivity contribution is 0.632. The zero-order valence-electron chi connectivity index (χ0n) is 16.2. The Morgan fingerprint density at radius 1 is 1.19 bits per heavy atom. The predicted molar refractivity (Wildman–Crippen MR) is 118 cm³/mol. The number of guanidine groups is 1. The third kappa shape index (κ3) is 6.93. The molecule has 2 N–H and O–H groups in total. The Morgan fingerprint density at radius 2 is 2.00 bits per heavy atom. The second kappa shape index (κ2) is 11.9. The van der Waals surface area contributed by atoms with Gasteiger partial charge in [0.2, 0.25) is 0 Å². The average molecular weight is 470 g/mol. The van der Waals surface area contributed by atoms with E-state index in [0.717, 1.165) is 50.8 Å². The number of rotatable bonds is 8. The van der Waals surface area contributed by atoms with Crippen LogP contribution in [0, 0.1) is 13.8 Å². The highest BCUT2D eigenvalue weighted by molar-refractivity contribution is 14.0. The fraction of sp³-hybridized carbons (Fsp3) is 0.526. The molecule has 1 aromatic carbocycles. The molecule has 0 spiro atoms. The summed E-state index contributed by atoms with van der Waals surface area (Å²) in [5, 5.41) is 14.8. The van der Waals surface area contributed by atoms with Crippen LogP contribution in [0.2, 0.25) is 0 Å². The van der Waals surface area contributed by atoms with E-state index in [1.54, 1.807) is 6.33 Å². The molecule has 2 aromatic rings. The number of nitrogens with zero attached hydrogens (tertiary/aromatic N) is 4. The Hall–Kier alpha value is -1.64. The highest BCUT2D eigenvalue weighted by atomic mass is 127. The van der Waals surface area contributed by atoms with Crippen molar-refractivity contribution in [2.45, 2.75) is 47.1 Å². The first-order chi connectivity index (χ1) is 12.1. The highest BCUT2D eigenvalue weighted by Crippen LogP contribution is 2.11. The first-order valence-corrected chi connectivity index (χ1v) is 9.09. The molecule has 0 radical (unpaired) electrons. The van der Waals surface area contributed by atoms with Crippen LogP contribution in [0.4, 0.5) is 0 Å². The first-order valence-electron chi connectivity index (χ1n) is 9.09. The summed E-state index contributed by atoms with van der Waals surface area (Å²) >= 11 is 0. The van der Waals surface area contributed by atoms with E-state index in [1.807, 2.05) is 0 Å². The number of aromatic nitrogens is 3. The van der Waals surface area contributed by atoms with Crippen LogP contribution in [-0.4, -0.2) is 40.4 Å². The number of nitrogens with one attached hydrogen (secondary N) is 2. The van der Waals surface area contributed by atoms with Crippen molar-refractivity contribution < 1.29 is 0 Å². The van der Waals surface area contributed by atoms with Gasteiger partial charge in [0.05, 0.1) is 0 Å². The van der Waals surface area contributed by atoms with E-state index in [4.69, 9.17) is 0 Å². The normalized spacial score (nSPS) is 11.2. The van der Waals surface area contributed by atoms with Gasteiger partial charge in [0.15, 0.2) is 5.96 Å². The smallest absolute Gasteiger partial charge is 0.191 e. The average Bonchev–Trinajstić information content (AvgIpc) is 3.04. The number of hydrogen-bond acceptors (Lipinski definition) is 3. The molecular weight excluding hydrogens is 439 g/mol. The molecule has 0 saturated heterocycles. The topological polar surface area (TPSA) is 67.1 Å². The quantitative estimate of drug-likeness (QED) is 0.354. The van der Waals surface area contributed by atoms with Gasteiger partial charge in [-0.15, -0.1) is 34.2 Å². The summed E-state index contributed by atoms with van der Waals surface area (Å²) in [4.78, 5) is 4.69. The van der Waals surface area contributed by atoms with E-state index in [9.17, 15) is 0 Å². The van der Waals surface area contributed by atoms with Gasteiger partial charge in [-0.1, -0.05) is 30.7 Å². The lowest BCUT2D eigenvalue weighted by Crippen LogP contribution is -2.39. The first kappa shape index (κ1) is 22.4. The van der Waals surface area contributed by atoms with Crippen molar-refractivity contribution in [3.05, 3.63) is 47.0 Å². The van der Waals surface area contributed by atoms with E-state index >= 15 is 0 Å². The van der Waals surface area contributed by atoms with Gasteiger partial charge in [-0.2, -0.15) is 0 Å². The van der Waals surface area contributed by atoms with Crippen molar-refractivity contribution in [3.63, 3.8) is 0 Å². The fourth-order valence-corrected chi connectivity index (χ4v) is 2.79. The molecule has 0 fully saturated rings. The number of aryl methyl sites for hydroxylation is 3. The number of aliphatic imine (C=N–C) groups is 1. The van der Waals surface area contributed by atoms with Crippen molar-refractivity contribution in [1.82, 2.24) is 25.4 Å². The standard InChI is InChI=1S/C19H30N6.HI/c1-5-18-24-23-14-25(18)12-11-22-19(20-6-2)21-10-9-17-8-7-15(3)13-16(17)4;/h7-8,13-14H,5-6,9-12H2,1-4H3,(H2,20,21,22);1H. The summed E-state index contributed by atoms with van der Waals surface area (Å²) in [6.07, 6.45) is 3.63. The fourth-order valence-electron chi connectivity index (χ4n) is 2.79. The molecule has 7 heteroatoms. The number of benzene rings is 1. The minimum atomic E-state index is 0. The van der Waals surface area contributed by atoms with Crippen molar-refractivity contribution in [3.8, 4) is 0 Å². The van der Waals surface area contributed by atoms with Crippen molar-refractivity contribution in [1.29, 1.82) is 0 Å². The maximum absolute atomic E-state index is 4.69. The van der Waals surface area contributed by atoms with E-state index in [-0.39, 0.29) is 24.0 Å². The van der Waals surface area contributed by atoms with Crippen LogP contribution in [0.25, 0.3) is 0 Å². The van der Waals surface area contributed by atoms with Crippen molar-refractivity contribution >= 4 is 29.9 Å². The van der Waals surface area contributed by atoms with Gasteiger partial charge in [-0.05, 0) is 38.3 Å². The van der Waals surface area contributed by atoms with Gasteiger partial charge in [-0.25, -0.2) is 0 Å². The van der Waals surface area contributed by atoms with Gasteiger partial charge in [0.1, 0.15) is 12.2 Å². The molecule has 1 aromatic heterocycles. The van der Waals surface area contributed by atoms with Crippen LogP contribution >= 0.6 is 24.0 Å². The molecular formula is C19H31IN6. The van der Waals surface area contributed by atoms with Gasteiger partial charge in [0, 0.05) is 32.6 Å². The summed E-state index contributed by atoms with van der Waals surface area (Å²) in [7, 11) is 0. The molecule has 0 aliphatic rings. The third-order valence-electron chi connectivity index (χ3n) is 4.15. The molecule has 6 nitrogen and oxygen atoms in total. The second-order valence-corrected chi connectivity index (χ2v) is 6.16. The molecule has 0 saturated carbocycles. The number of halogens is 1. The van der Waals surface area contributed by atoms with E-state index < -0.39 is 0 Å². The van der Waals surface area contributed by atoms with Crippen molar-refractivity contribution in [2.24, 2.45) is 4.99 Å². The number of hydrogen-bond donors (Lipinski definition) is 2. The lowest BCUT2D eigenvalue weighted by Gasteiger charge is -2.12. The minimum absolute atomic E-state index is 0. The summed E-state index contributed by atoms with van der Waals surface area (Å²) in [5.41, 5.74) is 4.01. The van der Waals surface area contributed by atoms with Crippen LogP contribution in [0.15, 0.2) is 29.5 Å². The maximum atomic E-state index is 4.69. The lowest BCUT2D eigenvalue weighted by atomic mass is 10.0. The molecule has 1 heterocycles. The van der Waals surface area contributed by atoms with Crippen molar-refractivity contribution in [2.75, 3.05) is 19.6 Å². The Kier molecular flexibility index (Phi) is 10.2. The van der Waals surface area contributed by atoms with Gasteiger partial charge >= 0.3 is 0 Å². The highest BCUT2D eigenvalue weighted by Gasteiger charge is 2.03. The van der Waals surface area contributed by atoms with Crippen LogP contribution in [-0.2, 0) is 19.4 Å².